The number of aromatic nitrogens is 3. The van der Waals surface area contributed by atoms with E-state index in [9.17, 15) is 9.90 Å². The molecule has 1 fully saturated rings. The van der Waals surface area contributed by atoms with Crippen LogP contribution in [0.25, 0.3) is 5.65 Å². The van der Waals surface area contributed by atoms with Gasteiger partial charge in [0.2, 0.25) is 0 Å². The average molecular weight is 296 g/mol. The molecule has 0 atom stereocenters. The Morgan fingerprint density at radius 3 is 2.85 bits per heavy atom. The molecule has 0 bridgehead atoms. The predicted molar refractivity (Wildman–Crippen MR) is 72.4 cm³/mol. The van der Waals surface area contributed by atoms with Gasteiger partial charge < -0.3 is 9.84 Å². The molecule has 3 rings (SSSR count). The van der Waals surface area contributed by atoms with Crippen molar-refractivity contribution in [3.05, 3.63) is 28.7 Å². The second kappa shape index (κ2) is 4.71. The van der Waals surface area contributed by atoms with Crippen LogP contribution in [0.3, 0.4) is 0 Å². The van der Waals surface area contributed by atoms with E-state index in [1.807, 2.05) is 6.92 Å². The van der Waals surface area contributed by atoms with Gasteiger partial charge in [0.25, 0.3) is 0 Å². The first-order chi connectivity index (χ1) is 9.51. The van der Waals surface area contributed by atoms with E-state index in [0.717, 1.165) is 12.8 Å². The summed E-state index contributed by atoms with van der Waals surface area (Å²) in [5.74, 6) is -1.01. The highest BCUT2D eigenvalue weighted by molar-refractivity contribution is 6.29. The topological polar surface area (TPSA) is 76.7 Å². The van der Waals surface area contributed by atoms with Crippen molar-refractivity contribution < 1.29 is 14.6 Å². The molecule has 0 aromatic carbocycles. The number of halogens is 1. The number of carboxylic acid groups (broad SMARTS) is 1. The molecule has 0 aliphatic carbocycles. The number of nitrogens with zero attached hydrogens (tertiary/aromatic N) is 3. The Balaban J connectivity index is 2.29. The summed E-state index contributed by atoms with van der Waals surface area (Å²) in [5, 5.41) is 13.9. The van der Waals surface area contributed by atoms with Crippen LogP contribution in [-0.4, -0.2) is 38.9 Å². The van der Waals surface area contributed by atoms with Gasteiger partial charge in [-0.25, -0.2) is 14.3 Å². The smallest absolute Gasteiger partial charge is 0.339 e. The number of carbonyl (C=O) groups is 1. The Labute approximate surface area is 120 Å². The summed E-state index contributed by atoms with van der Waals surface area (Å²) in [6.07, 6.45) is 2.86. The third kappa shape index (κ3) is 2.05. The molecular formula is C13H14ClN3O3. The highest BCUT2D eigenvalue weighted by atomic mass is 35.5. The summed E-state index contributed by atoms with van der Waals surface area (Å²) in [6.45, 7) is 3.25. The summed E-state index contributed by atoms with van der Waals surface area (Å²) < 4.78 is 6.94. The summed E-state index contributed by atoms with van der Waals surface area (Å²) >= 11 is 5.93. The number of hydrogen-bond donors (Lipinski definition) is 1. The van der Waals surface area contributed by atoms with Gasteiger partial charge in [0, 0.05) is 30.9 Å². The summed E-state index contributed by atoms with van der Waals surface area (Å²) in [4.78, 5) is 15.6. The van der Waals surface area contributed by atoms with Gasteiger partial charge in [0.1, 0.15) is 0 Å². The number of ether oxygens (including phenoxy) is 1. The molecule has 1 aliphatic rings. The quantitative estimate of drug-likeness (QED) is 0.918. The maximum atomic E-state index is 11.5. The van der Waals surface area contributed by atoms with E-state index >= 15 is 0 Å². The Kier molecular flexibility index (Phi) is 3.14. The predicted octanol–water partition coefficient (Wildman–Crippen LogP) is 2.15. The lowest BCUT2D eigenvalue weighted by molar-refractivity contribution is 0.0522. The van der Waals surface area contributed by atoms with Crippen molar-refractivity contribution in [2.45, 2.75) is 25.2 Å². The molecule has 1 aliphatic heterocycles. The van der Waals surface area contributed by atoms with Gasteiger partial charge in [-0.05, 0) is 12.8 Å². The van der Waals surface area contributed by atoms with E-state index in [1.165, 1.54) is 6.20 Å². The Bertz CT molecular complexity index is 677. The van der Waals surface area contributed by atoms with Crippen molar-refractivity contribution in [3.8, 4) is 0 Å². The molecule has 0 saturated carbocycles. The van der Waals surface area contributed by atoms with Gasteiger partial charge in [0.05, 0.1) is 11.3 Å². The molecule has 0 amide bonds. The molecule has 0 unspecified atom stereocenters. The Morgan fingerprint density at radius 2 is 2.20 bits per heavy atom. The standard InChI is InChI=1S/C13H14ClN3O3/c1-13(2-4-20-5-3-13)11-8(12(18)19)7-15-10-6-9(14)16-17(10)11/h6-7H,2-5H2,1H3,(H,18,19). The van der Waals surface area contributed by atoms with Crippen LogP contribution in [0, 0.1) is 0 Å². The van der Waals surface area contributed by atoms with Crippen molar-refractivity contribution in [2.24, 2.45) is 0 Å². The fourth-order valence-corrected chi connectivity index (χ4v) is 2.87. The van der Waals surface area contributed by atoms with Crippen molar-refractivity contribution >= 4 is 23.2 Å². The van der Waals surface area contributed by atoms with Crippen LogP contribution in [0.15, 0.2) is 12.3 Å². The first-order valence-electron chi connectivity index (χ1n) is 6.37. The van der Waals surface area contributed by atoms with Crippen LogP contribution in [0.4, 0.5) is 0 Å². The highest BCUT2D eigenvalue weighted by Crippen LogP contribution is 2.36. The summed E-state index contributed by atoms with van der Waals surface area (Å²) in [5.41, 5.74) is 1.05. The van der Waals surface area contributed by atoms with Gasteiger partial charge in [-0.15, -0.1) is 0 Å². The Morgan fingerprint density at radius 1 is 1.50 bits per heavy atom. The number of hydrogen-bond acceptors (Lipinski definition) is 4. The van der Waals surface area contributed by atoms with Crippen LogP contribution in [0.1, 0.15) is 35.8 Å². The zero-order valence-electron chi connectivity index (χ0n) is 11.0. The van der Waals surface area contributed by atoms with E-state index in [1.54, 1.807) is 10.6 Å². The first kappa shape index (κ1) is 13.3. The molecule has 106 valence electrons. The molecule has 2 aromatic rings. The van der Waals surface area contributed by atoms with Gasteiger partial charge in [-0.2, -0.15) is 5.10 Å². The summed E-state index contributed by atoms with van der Waals surface area (Å²) in [7, 11) is 0. The van der Waals surface area contributed by atoms with E-state index in [0.29, 0.717) is 29.7 Å². The fraction of sp³-hybridized carbons (Fsp3) is 0.462. The van der Waals surface area contributed by atoms with E-state index in [4.69, 9.17) is 16.3 Å². The van der Waals surface area contributed by atoms with E-state index < -0.39 is 5.97 Å². The van der Waals surface area contributed by atoms with Crippen molar-refractivity contribution in [1.29, 1.82) is 0 Å². The molecule has 0 spiro atoms. The van der Waals surface area contributed by atoms with Gasteiger partial charge in [0.15, 0.2) is 10.8 Å². The number of carboxylic acids is 1. The van der Waals surface area contributed by atoms with E-state index in [2.05, 4.69) is 10.1 Å². The van der Waals surface area contributed by atoms with Crippen LogP contribution < -0.4 is 0 Å². The Hall–Kier alpha value is -1.66. The molecule has 0 radical (unpaired) electrons. The number of aromatic carboxylic acids is 1. The van der Waals surface area contributed by atoms with Crippen molar-refractivity contribution in [1.82, 2.24) is 14.6 Å². The normalized spacial score (nSPS) is 18.3. The second-order valence-electron chi connectivity index (χ2n) is 5.24. The lowest BCUT2D eigenvalue weighted by Crippen LogP contribution is -2.35. The molecule has 1 saturated heterocycles. The minimum atomic E-state index is -1.01. The SMILES string of the molecule is CC1(c2c(C(=O)O)cnc3cc(Cl)nn23)CCOCC1. The largest absolute Gasteiger partial charge is 0.478 e. The first-order valence-corrected chi connectivity index (χ1v) is 6.75. The van der Waals surface area contributed by atoms with Gasteiger partial charge >= 0.3 is 5.97 Å². The van der Waals surface area contributed by atoms with Crippen LogP contribution in [0.2, 0.25) is 5.15 Å². The lowest BCUT2D eigenvalue weighted by atomic mass is 9.77. The summed E-state index contributed by atoms with van der Waals surface area (Å²) in [6, 6.07) is 1.62. The molecule has 7 heteroatoms. The molecule has 2 aromatic heterocycles. The average Bonchev–Trinajstić information content (AvgIpc) is 2.78. The minimum absolute atomic E-state index is 0.168. The molecule has 3 heterocycles. The molecule has 20 heavy (non-hydrogen) atoms. The second-order valence-corrected chi connectivity index (χ2v) is 5.62. The third-order valence-electron chi connectivity index (χ3n) is 3.85. The minimum Gasteiger partial charge on any atom is -0.478 e. The maximum Gasteiger partial charge on any atom is 0.339 e. The van der Waals surface area contributed by atoms with Gasteiger partial charge in [-0.3, -0.25) is 0 Å². The maximum absolute atomic E-state index is 11.5. The number of fused-ring (bicyclic) bond motifs is 1. The molecule has 6 nitrogen and oxygen atoms in total. The third-order valence-corrected chi connectivity index (χ3v) is 4.04. The zero-order chi connectivity index (χ0) is 14.3. The molecular weight excluding hydrogens is 282 g/mol. The van der Waals surface area contributed by atoms with Crippen molar-refractivity contribution in [3.63, 3.8) is 0 Å². The highest BCUT2D eigenvalue weighted by Gasteiger charge is 2.36. The fourth-order valence-electron chi connectivity index (χ4n) is 2.70. The van der Waals surface area contributed by atoms with Crippen LogP contribution in [-0.2, 0) is 10.2 Å². The van der Waals surface area contributed by atoms with Crippen LogP contribution in [0.5, 0.6) is 0 Å². The van der Waals surface area contributed by atoms with Crippen molar-refractivity contribution in [2.75, 3.05) is 13.2 Å². The monoisotopic (exact) mass is 295 g/mol. The van der Waals surface area contributed by atoms with E-state index in [-0.39, 0.29) is 11.0 Å². The number of rotatable bonds is 2. The molecule has 1 N–H and O–H groups in total. The van der Waals surface area contributed by atoms with Gasteiger partial charge in [-0.1, -0.05) is 18.5 Å². The lowest BCUT2D eigenvalue weighted by Gasteiger charge is -2.34. The zero-order valence-corrected chi connectivity index (χ0v) is 11.7. The van der Waals surface area contributed by atoms with Crippen LogP contribution >= 0.6 is 11.6 Å².